The standard InChI is InChI=1S/C44H47N2O11S3.4K/c1-43(2)39(45(25-11-8-12-27-57-30-47)37-24-22-33-34(41(37)43)15-13-16-38(33)60(54,55)56)17-9-6-5-7-10-18-40-44(3,4)42-35-29-32(59(51,52)53)21-19-31(35)20-23-36(42)46(40)26-14-28-58(48,49)50;;;;/h5-7,9-10,15-18,20-24,29-30H,8,11-12,14,25-28H2,1-4H3,(H,48,49,50)(H,51,52,53)(H,54,55,56);;;;/q-1;4*+1/p-3. The average molecular weight is 1030 g/mol. The predicted molar refractivity (Wildman–Crippen MR) is 225 cm³/mol. The average Bonchev–Trinajstić information content (AvgIpc) is 3.52. The van der Waals surface area contributed by atoms with E-state index in [0.29, 0.717) is 53.3 Å². The zero-order valence-electron chi connectivity index (χ0n) is 37.5. The Labute approximate surface area is 547 Å². The molecule has 2 aliphatic heterocycles. The molecule has 0 N–H and O–H groups in total. The van der Waals surface area contributed by atoms with Gasteiger partial charge in [-0.15, -0.1) is 40.4 Å². The molecule has 0 saturated carbocycles. The summed E-state index contributed by atoms with van der Waals surface area (Å²) in [5.41, 5.74) is 3.52. The van der Waals surface area contributed by atoms with Crippen molar-refractivity contribution in [3.05, 3.63) is 120 Å². The van der Waals surface area contributed by atoms with E-state index < -0.39 is 51.8 Å². The molecule has 0 radical (unpaired) electrons. The molecular weight excluding hydrogens is 985 g/mol. The molecule has 0 aliphatic carbocycles. The van der Waals surface area contributed by atoms with Crippen molar-refractivity contribution in [1.29, 1.82) is 0 Å². The fourth-order valence-electron chi connectivity index (χ4n) is 8.42. The normalized spacial score (nSPS) is 16.2. The minimum absolute atomic E-state index is 0. The van der Waals surface area contributed by atoms with Crippen molar-refractivity contribution < 1.29 is 259 Å². The third-order valence-corrected chi connectivity index (χ3v) is 13.5. The Morgan fingerprint density at radius 3 is 2.08 bits per heavy atom. The van der Waals surface area contributed by atoms with E-state index in [2.05, 4.69) is 17.0 Å². The smallest absolute Gasteiger partial charge is 0.754 e. The molecule has 0 amide bonds. The fourth-order valence-corrected chi connectivity index (χ4v) is 10.0. The first-order chi connectivity index (χ1) is 28.2. The van der Waals surface area contributed by atoms with Crippen molar-refractivity contribution in [2.45, 2.75) is 74.0 Å². The van der Waals surface area contributed by atoms with E-state index in [1.165, 1.54) is 12.1 Å². The van der Waals surface area contributed by atoms with Crippen molar-refractivity contribution in [1.82, 2.24) is 0 Å². The van der Waals surface area contributed by atoms with E-state index in [9.17, 15) is 43.7 Å². The molecule has 20 heteroatoms. The number of benzene rings is 4. The number of hydrogen-bond acceptors (Lipinski definition) is 12. The third kappa shape index (κ3) is 14.4. The van der Waals surface area contributed by atoms with Crippen LogP contribution < -0.4 is 210 Å². The Balaban J connectivity index is 0.00000352. The minimum atomic E-state index is -4.77. The van der Waals surface area contributed by atoms with Crippen LogP contribution in [0.5, 0.6) is 0 Å². The number of fused-ring (bicyclic) bond motifs is 6. The van der Waals surface area contributed by atoms with Gasteiger partial charge in [0.25, 0.3) is 6.47 Å². The van der Waals surface area contributed by atoms with Crippen LogP contribution in [0, 0.1) is 12.1 Å². The summed E-state index contributed by atoms with van der Waals surface area (Å²) in [7, 11) is -14.0. The van der Waals surface area contributed by atoms with Gasteiger partial charge in [0.2, 0.25) is 0 Å². The maximum atomic E-state index is 12.2. The van der Waals surface area contributed by atoms with E-state index in [1.54, 1.807) is 18.2 Å². The third-order valence-electron chi connectivity index (χ3n) is 11.0. The van der Waals surface area contributed by atoms with Gasteiger partial charge in [0.05, 0.1) is 42.4 Å². The SMILES string of the molecule is CC1(C)C(/C=C/C=C/C=C/C=C2/N(CCCCCOC=O)c3ccc4c(S(=O)(=O)[O-])c[c-]cc4c3C2(C)C)=[N+](CCCS(=O)(=O)[O-])c2ccc3[c-]cc(S(=O)(=O)[O-])cc3c21.[K+].[K+].[K+].[K+]. The van der Waals surface area contributed by atoms with E-state index in [0.717, 1.165) is 47.1 Å². The molecule has 0 aromatic heterocycles. The molecule has 0 atom stereocenters. The molecule has 0 saturated heterocycles. The van der Waals surface area contributed by atoms with Crippen molar-refractivity contribution in [2.24, 2.45) is 0 Å². The molecule has 318 valence electrons. The number of rotatable bonds is 17. The molecule has 13 nitrogen and oxygen atoms in total. The van der Waals surface area contributed by atoms with Crippen LogP contribution in [0.2, 0.25) is 0 Å². The first-order valence-corrected chi connectivity index (χ1v) is 23.6. The summed E-state index contributed by atoms with van der Waals surface area (Å²) in [6, 6.07) is 18.2. The van der Waals surface area contributed by atoms with Gasteiger partial charge in [-0.2, -0.15) is 22.8 Å². The first kappa shape index (κ1) is 61.7. The molecule has 0 bridgehead atoms. The Kier molecular flexibility index (Phi) is 24.9. The van der Waals surface area contributed by atoms with Crippen LogP contribution in [-0.2, 0) is 50.7 Å². The van der Waals surface area contributed by atoms with Gasteiger partial charge in [0.1, 0.15) is 6.54 Å². The van der Waals surface area contributed by atoms with Crippen LogP contribution >= 0.6 is 0 Å². The van der Waals surface area contributed by atoms with E-state index in [-0.39, 0.29) is 223 Å². The largest absolute Gasteiger partial charge is 1.00 e. The summed E-state index contributed by atoms with van der Waals surface area (Å²) in [5.74, 6) is -0.566. The number of carbonyl (C=O) groups is 1. The Bertz CT molecular complexity index is 2880. The molecule has 0 unspecified atom stereocenters. The predicted octanol–water partition coefficient (Wildman–Crippen LogP) is -5.58. The minimum Gasteiger partial charge on any atom is -0.754 e. The molecule has 6 rings (SSSR count). The van der Waals surface area contributed by atoms with Crippen molar-refractivity contribution in [2.75, 3.05) is 30.3 Å². The van der Waals surface area contributed by atoms with Gasteiger partial charge in [-0.05, 0) is 61.1 Å². The van der Waals surface area contributed by atoms with Gasteiger partial charge in [-0.3, -0.25) is 13.2 Å². The molecular formula is C44H44K4N2O11S3. The maximum absolute atomic E-state index is 12.2. The topological polar surface area (TPSA) is 204 Å². The summed E-state index contributed by atoms with van der Waals surface area (Å²) >= 11 is 0. The van der Waals surface area contributed by atoms with Gasteiger partial charge >= 0.3 is 206 Å². The fraction of sp³-hybridized carbons (Fsp3) is 0.318. The molecule has 0 fully saturated rings. The Morgan fingerprint density at radius 2 is 1.42 bits per heavy atom. The zero-order valence-corrected chi connectivity index (χ0v) is 52.4. The van der Waals surface area contributed by atoms with Crippen LogP contribution in [0.15, 0.2) is 107 Å². The summed E-state index contributed by atoms with van der Waals surface area (Å²) in [5, 5.41) is 2.07. The summed E-state index contributed by atoms with van der Waals surface area (Å²) in [4.78, 5) is 12.0. The number of unbranched alkanes of at least 4 members (excludes halogenated alkanes) is 2. The Morgan fingerprint density at radius 1 is 0.734 bits per heavy atom. The second-order valence-electron chi connectivity index (χ2n) is 15.7. The Hall–Kier alpha value is 1.58. The number of ether oxygens (including phenoxy) is 1. The molecule has 4 aromatic carbocycles. The summed E-state index contributed by atoms with van der Waals surface area (Å²) in [6.45, 7) is 9.53. The van der Waals surface area contributed by atoms with Crippen molar-refractivity contribution in [3.63, 3.8) is 0 Å². The monoisotopic (exact) mass is 1030 g/mol. The van der Waals surface area contributed by atoms with Gasteiger partial charge in [-0.1, -0.05) is 61.2 Å². The van der Waals surface area contributed by atoms with Crippen LogP contribution in [0.25, 0.3) is 21.5 Å². The number of carbonyl (C=O) groups excluding carboxylic acids is 1. The summed E-state index contributed by atoms with van der Waals surface area (Å²) in [6.07, 6.45) is 15.4. The number of hydrogen-bond donors (Lipinski definition) is 0. The second kappa shape index (κ2) is 25.8. The van der Waals surface area contributed by atoms with E-state index in [4.69, 9.17) is 4.74 Å². The second-order valence-corrected chi connectivity index (χ2v) is 19.9. The molecule has 2 aliphatic rings. The van der Waals surface area contributed by atoms with E-state index >= 15 is 0 Å². The van der Waals surface area contributed by atoms with Crippen LogP contribution in [0.1, 0.15) is 64.5 Å². The quantitative estimate of drug-likeness (QED) is 0.0185. The van der Waals surface area contributed by atoms with Crippen molar-refractivity contribution >= 4 is 75.5 Å². The van der Waals surface area contributed by atoms with Gasteiger partial charge < -0.3 is 23.3 Å². The number of anilines is 1. The molecule has 4 aromatic rings. The van der Waals surface area contributed by atoms with Crippen LogP contribution in [-0.4, -0.2) is 81.1 Å². The van der Waals surface area contributed by atoms with Crippen LogP contribution in [0.4, 0.5) is 11.4 Å². The summed E-state index contributed by atoms with van der Waals surface area (Å²) < 4.78 is 114. The van der Waals surface area contributed by atoms with Gasteiger partial charge in [-0.25, -0.2) is 16.8 Å². The van der Waals surface area contributed by atoms with Crippen molar-refractivity contribution in [3.8, 4) is 0 Å². The molecule has 2 heterocycles. The molecule has 0 spiro atoms. The first-order valence-electron chi connectivity index (χ1n) is 19.2. The maximum Gasteiger partial charge on any atom is 1.00 e. The number of allylic oxidation sites excluding steroid dienone is 8. The van der Waals surface area contributed by atoms with Gasteiger partial charge in [0, 0.05) is 47.2 Å². The zero-order chi connectivity index (χ0) is 43.7. The van der Waals surface area contributed by atoms with Crippen LogP contribution in [0.3, 0.4) is 0 Å². The number of nitrogens with zero attached hydrogens (tertiary/aromatic N) is 2. The molecule has 64 heavy (non-hydrogen) atoms. The van der Waals surface area contributed by atoms with Gasteiger partial charge in [0.15, 0.2) is 11.4 Å². The van der Waals surface area contributed by atoms with E-state index in [1.807, 2.05) is 86.9 Å².